The number of nitrogens with one attached hydrogen (secondary N) is 2. The van der Waals surface area contributed by atoms with Crippen LogP contribution in [0, 0.1) is 0 Å². The molecule has 1 aromatic carbocycles. The van der Waals surface area contributed by atoms with Crippen molar-refractivity contribution in [2.45, 2.75) is 48.8 Å². The fourth-order valence-corrected chi connectivity index (χ4v) is 4.48. The Balaban J connectivity index is 2.11. The maximum Gasteiger partial charge on any atom is 0.319 e. The van der Waals surface area contributed by atoms with E-state index < -0.39 is 15.9 Å². The van der Waals surface area contributed by atoms with E-state index in [-0.39, 0.29) is 22.8 Å². The van der Waals surface area contributed by atoms with Gasteiger partial charge in [0.15, 0.2) is 9.84 Å². The number of amides is 2. The minimum Gasteiger partial charge on any atom is -0.394 e. The molecule has 0 unspecified atom stereocenters. The minimum absolute atomic E-state index is 0.163. The van der Waals surface area contributed by atoms with E-state index in [0.717, 1.165) is 12.8 Å². The summed E-state index contributed by atoms with van der Waals surface area (Å²) in [5, 5.41) is 13.7. The molecule has 1 aromatic rings. The molecule has 2 rings (SSSR count). The van der Waals surface area contributed by atoms with Crippen molar-refractivity contribution in [3.05, 3.63) is 24.3 Å². The smallest absolute Gasteiger partial charge is 0.319 e. The molecule has 0 heterocycles. The first-order valence-electron chi connectivity index (χ1n) is 7.46. The van der Waals surface area contributed by atoms with E-state index in [1.165, 1.54) is 6.07 Å². The van der Waals surface area contributed by atoms with Crippen LogP contribution in [0.3, 0.4) is 0 Å². The molecule has 122 valence electrons. The van der Waals surface area contributed by atoms with Crippen molar-refractivity contribution in [3.8, 4) is 0 Å². The Morgan fingerprint density at radius 3 is 2.68 bits per heavy atom. The summed E-state index contributed by atoms with van der Waals surface area (Å²) < 4.78 is 25.1. The van der Waals surface area contributed by atoms with Crippen molar-refractivity contribution in [1.82, 2.24) is 5.32 Å². The Labute approximate surface area is 130 Å². The van der Waals surface area contributed by atoms with Gasteiger partial charge in [-0.3, -0.25) is 0 Å². The van der Waals surface area contributed by atoms with Gasteiger partial charge in [0.2, 0.25) is 0 Å². The number of aliphatic hydroxyl groups is 1. The third kappa shape index (κ3) is 3.98. The molecule has 0 saturated heterocycles. The number of carbonyl (C=O) groups excluding carboxylic acids is 1. The van der Waals surface area contributed by atoms with Crippen LogP contribution in [0.4, 0.5) is 10.5 Å². The zero-order valence-corrected chi connectivity index (χ0v) is 13.4. The van der Waals surface area contributed by atoms with Crippen molar-refractivity contribution >= 4 is 21.6 Å². The molecule has 1 fully saturated rings. The van der Waals surface area contributed by atoms with Crippen molar-refractivity contribution < 1.29 is 18.3 Å². The normalized spacial score (nSPS) is 17.2. The highest BCUT2D eigenvalue weighted by molar-refractivity contribution is 7.92. The summed E-state index contributed by atoms with van der Waals surface area (Å²) in [6, 6.07) is 5.45. The lowest BCUT2D eigenvalue weighted by Gasteiger charge is -2.14. The second-order valence-corrected chi connectivity index (χ2v) is 7.89. The fraction of sp³-hybridized carbons (Fsp3) is 0.533. The Bertz CT molecular complexity index is 624. The molecule has 6 nitrogen and oxygen atoms in total. The van der Waals surface area contributed by atoms with E-state index >= 15 is 0 Å². The molecule has 0 aliphatic heterocycles. The van der Waals surface area contributed by atoms with Gasteiger partial charge in [0.1, 0.15) is 0 Å². The Hall–Kier alpha value is -1.60. The average Bonchev–Trinajstić information content (AvgIpc) is 3.02. The van der Waals surface area contributed by atoms with Crippen molar-refractivity contribution in [3.63, 3.8) is 0 Å². The van der Waals surface area contributed by atoms with Gasteiger partial charge in [-0.15, -0.1) is 0 Å². The van der Waals surface area contributed by atoms with E-state index in [2.05, 4.69) is 10.6 Å². The van der Waals surface area contributed by atoms with Crippen LogP contribution in [0.15, 0.2) is 29.2 Å². The first-order chi connectivity index (χ1) is 10.4. The molecule has 3 N–H and O–H groups in total. The fourth-order valence-electron chi connectivity index (χ4n) is 2.58. The van der Waals surface area contributed by atoms with Crippen molar-refractivity contribution in [2.24, 2.45) is 0 Å². The topological polar surface area (TPSA) is 95.5 Å². The molecule has 1 aliphatic rings. The van der Waals surface area contributed by atoms with Crippen molar-refractivity contribution in [2.75, 3.05) is 11.9 Å². The van der Waals surface area contributed by atoms with Crippen molar-refractivity contribution in [1.29, 1.82) is 0 Å². The summed E-state index contributed by atoms with van der Waals surface area (Å²) in [5.41, 5.74) is 0.418. The first kappa shape index (κ1) is 16.8. The van der Waals surface area contributed by atoms with Gasteiger partial charge in [-0.05, 0) is 38.0 Å². The molecule has 1 aliphatic carbocycles. The monoisotopic (exact) mass is 326 g/mol. The molecule has 0 radical (unpaired) electrons. The van der Waals surface area contributed by atoms with Gasteiger partial charge in [-0.2, -0.15) is 0 Å². The third-order valence-electron chi connectivity index (χ3n) is 3.81. The summed E-state index contributed by atoms with van der Waals surface area (Å²) in [7, 11) is -3.34. The van der Waals surface area contributed by atoms with Gasteiger partial charge in [-0.25, -0.2) is 13.2 Å². The standard InChI is InChI=1S/C15H22N2O4S/c1-11(10-18)16-15(19)17-12-5-4-8-14(9-12)22(20,21)13-6-2-3-7-13/h4-5,8-9,11,13,18H,2-3,6-7,10H2,1H3,(H2,16,17,19)/t11-/m0/s1. The lowest BCUT2D eigenvalue weighted by Crippen LogP contribution is -2.38. The number of hydrogen-bond donors (Lipinski definition) is 3. The van der Waals surface area contributed by atoms with Crippen LogP contribution in [-0.4, -0.2) is 37.5 Å². The quantitative estimate of drug-likeness (QED) is 0.770. The predicted molar refractivity (Wildman–Crippen MR) is 84.6 cm³/mol. The van der Waals surface area contributed by atoms with E-state index in [4.69, 9.17) is 5.11 Å². The third-order valence-corrected chi connectivity index (χ3v) is 6.07. The Morgan fingerprint density at radius 1 is 1.36 bits per heavy atom. The molecule has 0 aromatic heterocycles. The van der Waals surface area contributed by atoms with Crippen LogP contribution in [0.5, 0.6) is 0 Å². The van der Waals surface area contributed by atoms with Gasteiger partial charge < -0.3 is 15.7 Å². The van der Waals surface area contributed by atoms with Gasteiger partial charge >= 0.3 is 6.03 Å². The number of aliphatic hydroxyl groups excluding tert-OH is 1. The number of urea groups is 1. The van der Waals surface area contributed by atoms with E-state index in [1.807, 2.05) is 0 Å². The summed E-state index contributed by atoms with van der Waals surface area (Å²) >= 11 is 0. The van der Waals surface area contributed by atoms with Gasteiger partial charge in [0.25, 0.3) is 0 Å². The second kappa shape index (κ2) is 7.11. The zero-order chi connectivity index (χ0) is 16.2. The lowest BCUT2D eigenvalue weighted by molar-refractivity contribution is 0.229. The van der Waals surface area contributed by atoms with Crippen LogP contribution in [-0.2, 0) is 9.84 Å². The van der Waals surface area contributed by atoms with E-state index in [0.29, 0.717) is 18.5 Å². The Kier molecular flexibility index (Phi) is 5.42. The molecule has 0 spiro atoms. The molecule has 1 atom stereocenters. The molecule has 2 amide bonds. The van der Waals surface area contributed by atoms with Crippen LogP contribution in [0.25, 0.3) is 0 Å². The van der Waals surface area contributed by atoms with Gasteiger partial charge in [-0.1, -0.05) is 18.9 Å². The van der Waals surface area contributed by atoms with Crippen LogP contribution >= 0.6 is 0 Å². The second-order valence-electron chi connectivity index (χ2n) is 5.66. The molecule has 22 heavy (non-hydrogen) atoms. The number of benzene rings is 1. The summed E-state index contributed by atoms with van der Waals surface area (Å²) in [4.78, 5) is 12.0. The molecule has 0 bridgehead atoms. The SMILES string of the molecule is C[C@@H](CO)NC(=O)Nc1cccc(S(=O)(=O)C2CCCC2)c1. The zero-order valence-electron chi connectivity index (χ0n) is 12.6. The number of anilines is 1. The number of sulfone groups is 1. The number of hydrogen-bond acceptors (Lipinski definition) is 4. The predicted octanol–water partition coefficient (Wildman–Crippen LogP) is 1.91. The number of rotatable bonds is 5. The largest absolute Gasteiger partial charge is 0.394 e. The molecule has 7 heteroatoms. The van der Waals surface area contributed by atoms with Crippen LogP contribution < -0.4 is 10.6 Å². The first-order valence-corrected chi connectivity index (χ1v) is 9.00. The molecular formula is C15H22N2O4S. The maximum absolute atomic E-state index is 12.5. The average molecular weight is 326 g/mol. The summed E-state index contributed by atoms with van der Waals surface area (Å²) in [6.07, 6.45) is 3.30. The summed E-state index contributed by atoms with van der Waals surface area (Å²) in [5.74, 6) is 0. The Morgan fingerprint density at radius 2 is 2.05 bits per heavy atom. The molecule has 1 saturated carbocycles. The van der Waals surface area contributed by atoms with E-state index in [1.54, 1.807) is 25.1 Å². The highest BCUT2D eigenvalue weighted by Crippen LogP contribution is 2.30. The van der Waals surface area contributed by atoms with Crippen LogP contribution in [0.2, 0.25) is 0 Å². The highest BCUT2D eigenvalue weighted by Gasteiger charge is 2.30. The highest BCUT2D eigenvalue weighted by atomic mass is 32.2. The molecular weight excluding hydrogens is 304 g/mol. The number of carbonyl (C=O) groups is 1. The van der Waals surface area contributed by atoms with E-state index in [9.17, 15) is 13.2 Å². The van der Waals surface area contributed by atoms with Gasteiger partial charge in [0.05, 0.1) is 22.8 Å². The van der Waals surface area contributed by atoms with Crippen LogP contribution in [0.1, 0.15) is 32.6 Å². The lowest BCUT2D eigenvalue weighted by atomic mass is 10.3. The minimum atomic E-state index is -3.34. The maximum atomic E-state index is 12.5. The summed E-state index contributed by atoms with van der Waals surface area (Å²) in [6.45, 7) is 1.50. The van der Waals surface area contributed by atoms with Gasteiger partial charge in [0, 0.05) is 5.69 Å².